The summed E-state index contributed by atoms with van der Waals surface area (Å²) in [6.07, 6.45) is 2.90. The van der Waals surface area contributed by atoms with Gasteiger partial charge in [-0.05, 0) is 38.3 Å². The number of hydrogen-bond acceptors (Lipinski definition) is 5. The van der Waals surface area contributed by atoms with Crippen LogP contribution in [0, 0.1) is 6.92 Å². The minimum Gasteiger partial charge on any atom is -0.465 e. The van der Waals surface area contributed by atoms with Crippen molar-refractivity contribution in [2.75, 3.05) is 20.2 Å². The topological polar surface area (TPSA) is 75.7 Å². The second-order valence-corrected chi connectivity index (χ2v) is 8.19. The van der Waals surface area contributed by atoms with Gasteiger partial charge in [0.15, 0.2) is 0 Å². The molecule has 2 saturated heterocycles. The zero-order chi connectivity index (χ0) is 16.6. The predicted molar refractivity (Wildman–Crippen MR) is 85.8 cm³/mol. The van der Waals surface area contributed by atoms with Crippen LogP contribution in [0.15, 0.2) is 23.1 Å². The Labute approximate surface area is 136 Å². The Morgan fingerprint density at radius 2 is 2.00 bits per heavy atom. The van der Waals surface area contributed by atoms with E-state index in [1.54, 1.807) is 12.1 Å². The van der Waals surface area contributed by atoms with Crippen molar-refractivity contribution >= 4 is 16.0 Å². The number of nitrogens with one attached hydrogen (secondary N) is 1. The fourth-order valence-electron chi connectivity index (χ4n) is 3.41. The Bertz CT molecular complexity index is 717. The Kier molecular flexibility index (Phi) is 4.44. The van der Waals surface area contributed by atoms with Crippen LogP contribution in [0.3, 0.4) is 0 Å². The van der Waals surface area contributed by atoms with Crippen molar-refractivity contribution in [2.24, 2.45) is 0 Å². The Morgan fingerprint density at radius 3 is 2.74 bits per heavy atom. The van der Waals surface area contributed by atoms with Crippen LogP contribution in [0.1, 0.15) is 35.2 Å². The van der Waals surface area contributed by atoms with Gasteiger partial charge in [0.1, 0.15) is 0 Å². The third kappa shape index (κ3) is 3.13. The van der Waals surface area contributed by atoms with E-state index in [-0.39, 0.29) is 16.5 Å². The summed E-state index contributed by atoms with van der Waals surface area (Å²) in [5.41, 5.74) is 0.927. The number of carbonyl (C=O) groups excluding carboxylic acids is 1. The molecule has 3 rings (SSSR count). The summed E-state index contributed by atoms with van der Waals surface area (Å²) in [6, 6.07) is 5.39. The summed E-state index contributed by atoms with van der Waals surface area (Å²) in [5, 5.41) is 3.47. The van der Waals surface area contributed by atoms with Crippen LogP contribution in [-0.2, 0) is 14.8 Å². The van der Waals surface area contributed by atoms with Gasteiger partial charge < -0.3 is 10.1 Å². The summed E-state index contributed by atoms with van der Waals surface area (Å²) in [6.45, 7) is 2.75. The number of ether oxygens (including phenoxy) is 1. The molecule has 1 N–H and O–H groups in total. The van der Waals surface area contributed by atoms with Crippen LogP contribution < -0.4 is 5.32 Å². The summed E-state index contributed by atoms with van der Waals surface area (Å²) in [5.74, 6) is -0.623. The van der Waals surface area contributed by atoms with E-state index in [2.05, 4.69) is 5.32 Å². The number of sulfonamides is 1. The molecule has 2 aliphatic heterocycles. The molecule has 2 aliphatic rings. The second-order valence-electron chi connectivity index (χ2n) is 6.28. The highest BCUT2D eigenvalue weighted by Crippen LogP contribution is 2.27. The Morgan fingerprint density at radius 1 is 1.26 bits per heavy atom. The van der Waals surface area contributed by atoms with E-state index in [0.717, 1.165) is 24.8 Å². The first-order valence-electron chi connectivity index (χ1n) is 7.87. The molecule has 6 nitrogen and oxygen atoms in total. The molecule has 0 radical (unpaired) electrons. The lowest BCUT2D eigenvalue weighted by molar-refractivity contribution is 0.0596. The minimum absolute atomic E-state index is 0.0349. The van der Waals surface area contributed by atoms with Crippen molar-refractivity contribution in [3.8, 4) is 0 Å². The molecular formula is C16H22N2O4S. The standard InChI is InChI=1S/C16H22N2O4S/c1-11-3-6-15(14(9-11)16(19)22-2)23(20,21)18-8-7-12-4-5-13(10-18)17-12/h3,6,9,12-13,17H,4-5,7-8,10H2,1-2H3. The number of carbonyl (C=O) groups is 1. The molecule has 0 aromatic heterocycles. The highest BCUT2D eigenvalue weighted by molar-refractivity contribution is 7.89. The minimum atomic E-state index is -3.72. The van der Waals surface area contributed by atoms with Gasteiger partial charge in [0.2, 0.25) is 10.0 Å². The van der Waals surface area contributed by atoms with Gasteiger partial charge in [0.25, 0.3) is 0 Å². The average Bonchev–Trinajstić information content (AvgIpc) is 2.84. The second kappa shape index (κ2) is 6.22. The SMILES string of the molecule is COC(=O)c1cc(C)ccc1S(=O)(=O)N1CCC2CCC(C1)N2. The Balaban J connectivity index is 1.98. The van der Waals surface area contributed by atoms with Crippen LogP contribution in [0.4, 0.5) is 0 Å². The van der Waals surface area contributed by atoms with Gasteiger partial charge in [-0.2, -0.15) is 4.31 Å². The molecule has 126 valence electrons. The highest BCUT2D eigenvalue weighted by Gasteiger charge is 2.36. The highest BCUT2D eigenvalue weighted by atomic mass is 32.2. The largest absolute Gasteiger partial charge is 0.465 e. The van der Waals surface area contributed by atoms with Crippen molar-refractivity contribution in [3.63, 3.8) is 0 Å². The van der Waals surface area contributed by atoms with Gasteiger partial charge in [-0.15, -0.1) is 0 Å². The van der Waals surface area contributed by atoms with Gasteiger partial charge >= 0.3 is 5.97 Å². The van der Waals surface area contributed by atoms with Crippen molar-refractivity contribution in [1.29, 1.82) is 0 Å². The van der Waals surface area contributed by atoms with E-state index in [0.29, 0.717) is 19.1 Å². The zero-order valence-electron chi connectivity index (χ0n) is 13.4. The maximum atomic E-state index is 13.1. The van der Waals surface area contributed by atoms with Gasteiger partial charge in [-0.25, -0.2) is 13.2 Å². The molecule has 0 aliphatic carbocycles. The Hall–Kier alpha value is -1.44. The quantitative estimate of drug-likeness (QED) is 0.841. The summed E-state index contributed by atoms with van der Waals surface area (Å²) in [7, 11) is -2.46. The fraction of sp³-hybridized carbons (Fsp3) is 0.562. The first kappa shape index (κ1) is 16.4. The third-order valence-corrected chi connectivity index (χ3v) is 6.57. The number of rotatable bonds is 3. The van der Waals surface area contributed by atoms with Crippen molar-refractivity contribution in [3.05, 3.63) is 29.3 Å². The average molecular weight is 338 g/mol. The number of nitrogens with zero attached hydrogens (tertiary/aromatic N) is 1. The molecule has 7 heteroatoms. The monoisotopic (exact) mass is 338 g/mol. The lowest BCUT2D eigenvalue weighted by atomic mass is 10.1. The number of esters is 1. The molecular weight excluding hydrogens is 316 g/mol. The molecule has 0 saturated carbocycles. The first-order valence-corrected chi connectivity index (χ1v) is 9.31. The van der Waals surface area contributed by atoms with Gasteiger partial charge in [-0.1, -0.05) is 11.6 Å². The number of fused-ring (bicyclic) bond motifs is 2. The van der Waals surface area contributed by atoms with Gasteiger partial charge in [0, 0.05) is 25.2 Å². The van der Waals surface area contributed by atoms with Crippen LogP contribution in [0.2, 0.25) is 0 Å². The van der Waals surface area contributed by atoms with Crippen molar-refractivity contribution in [1.82, 2.24) is 9.62 Å². The molecule has 1 aromatic carbocycles. The lowest BCUT2D eigenvalue weighted by Gasteiger charge is -2.24. The summed E-state index contributed by atoms with van der Waals surface area (Å²) >= 11 is 0. The molecule has 2 atom stereocenters. The van der Waals surface area contributed by atoms with E-state index in [9.17, 15) is 13.2 Å². The van der Waals surface area contributed by atoms with E-state index in [4.69, 9.17) is 4.74 Å². The van der Waals surface area contributed by atoms with E-state index < -0.39 is 16.0 Å². The molecule has 2 unspecified atom stereocenters. The third-order valence-electron chi connectivity index (χ3n) is 4.64. The smallest absolute Gasteiger partial charge is 0.339 e. The summed E-state index contributed by atoms with van der Waals surface area (Å²) < 4.78 is 32.4. The molecule has 23 heavy (non-hydrogen) atoms. The van der Waals surface area contributed by atoms with Crippen molar-refractivity contribution < 1.29 is 17.9 Å². The number of benzene rings is 1. The molecule has 1 aromatic rings. The maximum Gasteiger partial charge on any atom is 0.339 e. The van der Waals surface area contributed by atoms with Gasteiger partial charge in [-0.3, -0.25) is 0 Å². The first-order chi connectivity index (χ1) is 10.9. The fourth-order valence-corrected chi connectivity index (χ4v) is 5.07. The molecule has 2 fully saturated rings. The number of hydrogen-bond donors (Lipinski definition) is 1. The van der Waals surface area contributed by atoms with Crippen molar-refractivity contribution in [2.45, 2.75) is 43.2 Å². The molecule has 2 bridgehead atoms. The van der Waals surface area contributed by atoms with Gasteiger partial charge in [0.05, 0.1) is 17.6 Å². The van der Waals surface area contributed by atoms with Crippen LogP contribution >= 0.6 is 0 Å². The van der Waals surface area contributed by atoms with Crippen LogP contribution in [0.25, 0.3) is 0 Å². The van der Waals surface area contributed by atoms with E-state index in [1.165, 1.54) is 17.5 Å². The van der Waals surface area contributed by atoms with E-state index in [1.807, 2.05) is 6.92 Å². The number of methoxy groups -OCH3 is 1. The maximum absolute atomic E-state index is 13.1. The molecule has 0 amide bonds. The normalized spacial score (nSPS) is 25.1. The summed E-state index contributed by atoms with van der Waals surface area (Å²) in [4.78, 5) is 12.0. The molecule has 2 heterocycles. The van der Waals surface area contributed by atoms with E-state index >= 15 is 0 Å². The van der Waals surface area contributed by atoms with Crippen LogP contribution in [-0.4, -0.2) is 51.0 Å². The zero-order valence-corrected chi connectivity index (χ0v) is 14.2. The van der Waals surface area contributed by atoms with Crippen LogP contribution in [0.5, 0.6) is 0 Å². The lowest BCUT2D eigenvalue weighted by Crippen LogP contribution is -2.39. The number of aryl methyl sites for hydroxylation is 1. The predicted octanol–water partition coefficient (Wildman–Crippen LogP) is 1.30. The molecule has 0 spiro atoms.